The highest BCUT2D eigenvalue weighted by Gasteiger charge is 2.40. The molecule has 1 aliphatic rings. The topological polar surface area (TPSA) is 104 Å². The second-order valence-electron chi connectivity index (χ2n) is 4.50. The van der Waals surface area contributed by atoms with Crippen LogP contribution in [0, 0.1) is 5.92 Å². The summed E-state index contributed by atoms with van der Waals surface area (Å²) < 4.78 is 0. The van der Waals surface area contributed by atoms with Gasteiger partial charge in [0, 0.05) is 13.0 Å². The molecule has 3 atom stereocenters. The Bertz CT molecular complexity index is 293. The van der Waals surface area contributed by atoms with E-state index in [2.05, 4.69) is 0 Å². The van der Waals surface area contributed by atoms with E-state index >= 15 is 0 Å². The van der Waals surface area contributed by atoms with Gasteiger partial charge in [0.25, 0.3) is 0 Å². The number of aliphatic carboxylic acids is 1. The predicted octanol–water partition coefficient (Wildman–Crippen LogP) is -0.984. The monoisotopic (exact) mass is 230 g/mol. The van der Waals surface area contributed by atoms with E-state index in [9.17, 15) is 14.7 Å². The minimum absolute atomic E-state index is 0.0518. The normalized spacial score (nSPS) is 27.2. The van der Waals surface area contributed by atoms with Crippen molar-refractivity contribution in [1.29, 1.82) is 0 Å². The van der Waals surface area contributed by atoms with Crippen LogP contribution in [0.5, 0.6) is 0 Å². The van der Waals surface area contributed by atoms with Gasteiger partial charge in [-0.1, -0.05) is 13.8 Å². The van der Waals surface area contributed by atoms with E-state index in [-0.39, 0.29) is 18.9 Å². The number of rotatable bonds is 3. The maximum Gasteiger partial charge on any atom is 0.326 e. The number of amides is 1. The van der Waals surface area contributed by atoms with Crippen LogP contribution in [0.25, 0.3) is 0 Å². The number of nitrogens with two attached hydrogens (primary N) is 1. The van der Waals surface area contributed by atoms with Crippen molar-refractivity contribution in [1.82, 2.24) is 4.90 Å². The molecule has 0 aromatic rings. The predicted molar refractivity (Wildman–Crippen MR) is 56.6 cm³/mol. The van der Waals surface area contributed by atoms with E-state index in [1.807, 2.05) is 0 Å². The van der Waals surface area contributed by atoms with Gasteiger partial charge in [-0.3, -0.25) is 4.79 Å². The number of hydrogen-bond donors (Lipinski definition) is 3. The van der Waals surface area contributed by atoms with Crippen LogP contribution < -0.4 is 5.73 Å². The van der Waals surface area contributed by atoms with Crippen LogP contribution in [-0.4, -0.2) is 51.7 Å². The third-order valence-corrected chi connectivity index (χ3v) is 2.85. The Labute approximate surface area is 94.0 Å². The van der Waals surface area contributed by atoms with Crippen LogP contribution >= 0.6 is 0 Å². The molecule has 1 heterocycles. The average Bonchev–Trinajstić information content (AvgIpc) is 2.58. The zero-order valence-electron chi connectivity index (χ0n) is 9.46. The Kier molecular flexibility index (Phi) is 3.88. The van der Waals surface area contributed by atoms with Crippen molar-refractivity contribution >= 4 is 11.9 Å². The van der Waals surface area contributed by atoms with Crippen LogP contribution in [0.4, 0.5) is 0 Å². The van der Waals surface area contributed by atoms with E-state index in [1.165, 1.54) is 0 Å². The number of β-amino-alcohol motifs (C(OH)–C–C–N with tert-alkyl or cyclic N) is 1. The van der Waals surface area contributed by atoms with E-state index < -0.39 is 30.1 Å². The van der Waals surface area contributed by atoms with Gasteiger partial charge < -0.3 is 20.8 Å². The Morgan fingerprint density at radius 1 is 1.44 bits per heavy atom. The van der Waals surface area contributed by atoms with Crippen LogP contribution in [0.15, 0.2) is 0 Å². The van der Waals surface area contributed by atoms with E-state index in [4.69, 9.17) is 10.8 Å². The van der Waals surface area contributed by atoms with Gasteiger partial charge >= 0.3 is 5.97 Å². The number of carboxylic acid groups (broad SMARTS) is 1. The molecule has 6 heteroatoms. The molecule has 1 saturated heterocycles. The molecule has 16 heavy (non-hydrogen) atoms. The van der Waals surface area contributed by atoms with Crippen molar-refractivity contribution in [3.63, 3.8) is 0 Å². The molecule has 0 aliphatic carbocycles. The fourth-order valence-electron chi connectivity index (χ4n) is 1.77. The summed E-state index contributed by atoms with van der Waals surface area (Å²) in [5.41, 5.74) is 5.68. The van der Waals surface area contributed by atoms with Gasteiger partial charge in [0.15, 0.2) is 0 Å². The van der Waals surface area contributed by atoms with Gasteiger partial charge in [0.2, 0.25) is 5.91 Å². The zero-order valence-corrected chi connectivity index (χ0v) is 9.46. The number of aliphatic hydroxyl groups excluding tert-OH is 1. The maximum absolute atomic E-state index is 11.9. The van der Waals surface area contributed by atoms with Crippen molar-refractivity contribution in [2.45, 2.75) is 38.5 Å². The minimum atomic E-state index is -1.10. The summed E-state index contributed by atoms with van der Waals surface area (Å²) in [6.07, 6.45) is -0.698. The standard InChI is InChI=1S/C10H18N2O4/c1-5(2)8(11)9(14)12-4-6(13)3-7(12)10(15)16/h5-8,13H,3-4,11H2,1-2H3,(H,15,16)/t6-,7+,8+/m1/s1. The molecule has 4 N–H and O–H groups in total. The first kappa shape index (κ1) is 12.9. The van der Waals surface area contributed by atoms with Crippen molar-refractivity contribution in [2.24, 2.45) is 11.7 Å². The smallest absolute Gasteiger partial charge is 0.326 e. The zero-order chi connectivity index (χ0) is 12.5. The third kappa shape index (κ3) is 2.51. The Balaban J connectivity index is 2.78. The maximum atomic E-state index is 11.9. The highest BCUT2D eigenvalue weighted by atomic mass is 16.4. The number of likely N-dealkylation sites (tertiary alicyclic amines) is 1. The molecule has 1 aliphatic heterocycles. The molecule has 1 rings (SSSR count). The number of carbonyl (C=O) groups is 2. The van der Waals surface area contributed by atoms with Gasteiger partial charge in [-0.05, 0) is 5.92 Å². The van der Waals surface area contributed by atoms with E-state index in [0.29, 0.717) is 0 Å². The van der Waals surface area contributed by atoms with Crippen molar-refractivity contribution in [2.75, 3.05) is 6.54 Å². The van der Waals surface area contributed by atoms with E-state index in [0.717, 1.165) is 4.90 Å². The summed E-state index contributed by atoms with van der Waals surface area (Å²) in [5.74, 6) is -1.56. The quantitative estimate of drug-likeness (QED) is 0.578. The molecule has 0 aromatic heterocycles. The average molecular weight is 230 g/mol. The number of carbonyl (C=O) groups excluding carboxylic acids is 1. The number of aliphatic hydroxyl groups is 1. The third-order valence-electron chi connectivity index (χ3n) is 2.85. The highest BCUT2D eigenvalue weighted by molar-refractivity contribution is 5.87. The Hall–Kier alpha value is -1.14. The molecule has 0 unspecified atom stereocenters. The van der Waals surface area contributed by atoms with Crippen LogP contribution in [0.1, 0.15) is 20.3 Å². The van der Waals surface area contributed by atoms with Crippen LogP contribution in [0.2, 0.25) is 0 Å². The molecule has 6 nitrogen and oxygen atoms in total. The number of nitrogens with zero attached hydrogens (tertiary/aromatic N) is 1. The molecule has 1 amide bonds. The molecule has 0 spiro atoms. The lowest BCUT2D eigenvalue weighted by Crippen LogP contribution is -2.50. The lowest BCUT2D eigenvalue weighted by Gasteiger charge is -2.26. The second-order valence-corrected chi connectivity index (χ2v) is 4.50. The van der Waals surface area contributed by atoms with Crippen LogP contribution in [-0.2, 0) is 9.59 Å². The van der Waals surface area contributed by atoms with Crippen molar-refractivity contribution in [3.8, 4) is 0 Å². The van der Waals surface area contributed by atoms with Crippen molar-refractivity contribution < 1.29 is 19.8 Å². The summed E-state index contributed by atoms with van der Waals surface area (Å²) in [6.45, 7) is 3.64. The van der Waals surface area contributed by atoms with Gasteiger partial charge in [-0.15, -0.1) is 0 Å². The lowest BCUT2D eigenvalue weighted by molar-refractivity contribution is -0.149. The molecule has 0 bridgehead atoms. The molecule has 0 radical (unpaired) electrons. The Morgan fingerprint density at radius 2 is 2.00 bits per heavy atom. The molecule has 92 valence electrons. The summed E-state index contributed by atoms with van der Waals surface area (Å²) in [5, 5.41) is 18.3. The fourth-order valence-corrected chi connectivity index (χ4v) is 1.77. The molecular weight excluding hydrogens is 212 g/mol. The first-order valence-electron chi connectivity index (χ1n) is 5.31. The summed E-state index contributed by atoms with van der Waals surface area (Å²) in [4.78, 5) is 23.9. The largest absolute Gasteiger partial charge is 0.480 e. The summed E-state index contributed by atoms with van der Waals surface area (Å²) in [6, 6.07) is -1.67. The second kappa shape index (κ2) is 4.80. The Morgan fingerprint density at radius 3 is 2.44 bits per heavy atom. The van der Waals surface area contributed by atoms with E-state index in [1.54, 1.807) is 13.8 Å². The lowest BCUT2D eigenvalue weighted by atomic mass is 10.0. The highest BCUT2D eigenvalue weighted by Crippen LogP contribution is 2.20. The molecule has 1 fully saturated rings. The van der Waals surface area contributed by atoms with Gasteiger partial charge in [-0.25, -0.2) is 4.79 Å². The summed E-state index contributed by atoms with van der Waals surface area (Å²) in [7, 11) is 0. The number of carboxylic acids is 1. The summed E-state index contributed by atoms with van der Waals surface area (Å²) >= 11 is 0. The molecule has 0 saturated carbocycles. The van der Waals surface area contributed by atoms with Gasteiger partial charge in [-0.2, -0.15) is 0 Å². The number of hydrogen-bond acceptors (Lipinski definition) is 4. The van der Waals surface area contributed by atoms with Crippen LogP contribution in [0.3, 0.4) is 0 Å². The SMILES string of the molecule is CC(C)[C@H](N)C(=O)N1C[C@H](O)C[C@H]1C(=O)O. The molecular formula is C10H18N2O4. The molecule has 0 aromatic carbocycles. The minimum Gasteiger partial charge on any atom is -0.480 e. The van der Waals surface area contributed by atoms with Gasteiger partial charge in [0.05, 0.1) is 12.1 Å². The van der Waals surface area contributed by atoms with Crippen molar-refractivity contribution in [3.05, 3.63) is 0 Å². The van der Waals surface area contributed by atoms with Gasteiger partial charge in [0.1, 0.15) is 6.04 Å². The first-order chi connectivity index (χ1) is 7.34. The fraction of sp³-hybridized carbons (Fsp3) is 0.800. The first-order valence-corrected chi connectivity index (χ1v) is 5.31.